The minimum atomic E-state index is 0.481. The average Bonchev–Trinajstić information content (AvgIpc) is 2.26. The van der Waals surface area contributed by atoms with E-state index in [1.165, 1.54) is 11.1 Å². The highest BCUT2D eigenvalue weighted by Crippen LogP contribution is 2.00. The molecule has 96 valence electrons. The Labute approximate surface area is 105 Å². The molecule has 2 N–H and O–H groups in total. The summed E-state index contributed by atoms with van der Waals surface area (Å²) >= 11 is 0. The van der Waals surface area contributed by atoms with Gasteiger partial charge in [0.2, 0.25) is 0 Å². The third kappa shape index (κ3) is 6.39. The molecule has 1 aromatic heterocycles. The van der Waals surface area contributed by atoms with Crippen LogP contribution in [0.2, 0.25) is 0 Å². The van der Waals surface area contributed by atoms with Gasteiger partial charge in [-0.2, -0.15) is 0 Å². The smallest absolute Gasteiger partial charge is 0.0313 e. The van der Waals surface area contributed by atoms with Gasteiger partial charge in [0.1, 0.15) is 0 Å². The molecule has 0 aliphatic carbocycles. The number of rotatable bonds is 7. The second kappa shape index (κ2) is 7.41. The highest BCUT2D eigenvalue weighted by Gasteiger charge is 2.02. The molecule has 1 rings (SSSR count). The normalized spacial score (nSPS) is 13.0. The van der Waals surface area contributed by atoms with Gasteiger partial charge in [-0.05, 0) is 37.4 Å². The summed E-state index contributed by atoms with van der Waals surface area (Å²) in [5.41, 5.74) is 2.47. The highest BCUT2D eigenvalue weighted by molar-refractivity contribution is 5.16. The fourth-order valence-corrected chi connectivity index (χ4v) is 1.67. The average molecular weight is 235 g/mol. The van der Waals surface area contributed by atoms with Gasteiger partial charge in [0.15, 0.2) is 0 Å². The zero-order valence-corrected chi connectivity index (χ0v) is 11.5. The Morgan fingerprint density at radius 2 is 1.94 bits per heavy atom. The fraction of sp³-hybridized carbons (Fsp3) is 0.643. The Morgan fingerprint density at radius 3 is 2.59 bits per heavy atom. The molecule has 1 aromatic rings. The molecule has 0 bridgehead atoms. The number of pyridine rings is 1. The van der Waals surface area contributed by atoms with E-state index in [2.05, 4.69) is 49.4 Å². The first-order valence-electron chi connectivity index (χ1n) is 6.42. The van der Waals surface area contributed by atoms with Gasteiger partial charge < -0.3 is 10.6 Å². The summed E-state index contributed by atoms with van der Waals surface area (Å²) in [4.78, 5) is 4.19. The van der Waals surface area contributed by atoms with Crippen molar-refractivity contribution in [3.05, 3.63) is 29.6 Å². The van der Waals surface area contributed by atoms with Crippen molar-refractivity contribution in [1.82, 2.24) is 15.6 Å². The van der Waals surface area contributed by atoms with Gasteiger partial charge in [-0.3, -0.25) is 4.98 Å². The molecule has 0 amide bonds. The van der Waals surface area contributed by atoms with Crippen molar-refractivity contribution in [2.45, 2.75) is 40.3 Å². The number of hydrogen-bond acceptors (Lipinski definition) is 3. The van der Waals surface area contributed by atoms with Gasteiger partial charge >= 0.3 is 0 Å². The second-order valence-electron chi connectivity index (χ2n) is 5.20. The first-order chi connectivity index (χ1) is 8.08. The van der Waals surface area contributed by atoms with Crippen LogP contribution in [0.5, 0.6) is 0 Å². The molecule has 0 aliphatic rings. The van der Waals surface area contributed by atoms with Crippen molar-refractivity contribution in [3.63, 3.8) is 0 Å². The summed E-state index contributed by atoms with van der Waals surface area (Å²) in [6.45, 7) is 11.7. The van der Waals surface area contributed by atoms with Gasteiger partial charge in [0.25, 0.3) is 0 Å². The maximum absolute atomic E-state index is 4.19. The van der Waals surface area contributed by atoms with E-state index < -0.39 is 0 Å². The first-order valence-corrected chi connectivity index (χ1v) is 6.42. The largest absolute Gasteiger partial charge is 0.315 e. The van der Waals surface area contributed by atoms with Crippen LogP contribution in [0.15, 0.2) is 18.5 Å². The molecule has 1 unspecified atom stereocenters. The Morgan fingerprint density at radius 1 is 1.18 bits per heavy atom. The summed E-state index contributed by atoms with van der Waals surface area (Å²) < 4.78 is 0. The maximum Gasteiger partial charge on any atom is 0.0313 e. The maximum atomic E-state index is 4.19. The lowest BCUT2D eigenvalue weighted by Gasteiger charge is -2.15. The van der Waals surface area contributed by atoms with Gasteiger partial charge in [0.05, 0.1) is 0 Å². The third-order valence-electron chi connectivity index (χ3n) is 2.59. The van der Waals surface area contributed by atoms with Crippen LogP contribution < -0.4 is 10.6 Å². The van der Waals surface area contributed by atoms with Crippen LogP contribution in [0.3, 0.4) is 0 Å². The lowest BCUT2D eigenvalue weighted by molar-refractivity contribution is 0.472. The molecule has 0 aromatic carbocycles. The Balaban J connectivity index is 2.21. The van der Waals surface area contributed by atoms with Crippen LogP contribution >= 0.6 is 0 Å². The van der Waals surface area contributed by atoms with E-state index in [0.717, 1.165) is 19.6 Å². The molecule has 1 heterocycles. The second-order valence-corrected chi connectivity index (χ2v) is 5.20. The molecule has 0 saturated carbocycles. The van der Waals surface area contributed by atoms with E-state index in [9.17, 15) is 0 Å². The van der Waals surface area contributed by atoms with Crippen molar-refractivity contribution in [2.75, 3.05) is 13.1 Å². The first kappa shape index (κ1) is 14.1. The highest BCUT2D eigenvalue weighted by atomic mass is 15.0. The van der Waals surface area contributed by atoms with Crippen LogP contribution in [0.4, 0.5) is 0 Å². The van der Waals surface area contributed by atoms with Crippen LogP contribution in [0.1, 0.15) is 31.9 Å². The zero-order valence-electron chi connectivity index (χ0n) is 11.5. The minimum Gasteiger partial charge on any atom is -0.315 e. The Bertz CT molecular complexity index is 323. The van der Waals surface area contributed by atoms with Gasteiger partial charge in [-0.15, -0.1) is 0 Å². The predicted molar refractivity (Wildman–Crippen MR) is 73.0 cm³/mol. The van der Waals surface area contributed by atoms with E-state index in [1.807, 2.05) is 12.4 Å². The van der Waals surface area contributed by atoms with Gasteiger partial charge in [-0.25, -0.2) is 0 Å². The number of nitrogens with zero attached hydrogens (tertiary/aromatic N) is 1. The Hall–Kier alpha value is -0.930. The monoisotopic (exact) mass is 235 g/mol. The third-order valence-corrected chi connectivity index (χ3v) is 2.59. The molecule has 0 saturated heterocycles. The minimum absolute atomic E-state index is 0.481. The molecule has 3 heteroatoms. The van der Waals surface area contributed by atoms with Gasteiger partial charge in [-0.1, -0.05) is 19.9 Å². The predicted octanol–water partition coefficient (Wildman–Crippen LogP) is 2.11. The summed E-state index contributed by atoms with van der Waals surface area (Å²) in [6, 6.07) is 2.66. The zero-order chi connectivity index (χ0) is 12.7. The van der Waals surface area contributed by atoms with E-state index in [1.54, 1.807) is 0 Å². The lowest BCUT2D eigenvalue weighted by atomic mass is 10.2. The van der Waals surface area contributed by atoms with E-state index in [0.29, 0.717) is 12.0 Å². The van der Waals surface area contributed by atoms with Crippen molar-refractivity contribution in [2.24, 2.45) is 5.92 Å². The quantitative estimate of drug-likeness (QED) is 0.760. The van der Waals surface area contributed by atoms with Crippen molar-refractivity contribution in [1.29, 1.82) is 0 Å². The lowest BCUT2D eigenvalue weighted by Crippen LogP contribution is -2.37. The number of aromatic nitrogens is 1. The van der Waals surface area contributed by atoms with Crippen molar-refractivity contribution in [3.8, 4) is 0 Å². The van der Waals surface area contributed by atoms with E-state index >= 15 is 0 Å². The molecule has 17 heavy (non-hydrogen) atoms. The van der Waals surface area contributed by atoms with E-state index in [4.69, 9.17) is 0 Å². The Kier molecular flexibility index (Phi) is 6.16. The molecule has 0 aliphatic heterocycles. The molecule has 0 fully saturated rings. The summed E-state index contributed by atoms with van der Waals surface area (Å²) in [5, 5.41) is 6.95. The molecular formula is C14H25N3. The fourth-order valence-electron chi connectivity index (χ4n) is 1.67. The topological polar surface area (TPSA) is 37.0 Å². The number of nitrogens with one attached hydrogen (secondary N) is 2. The SMILES string of the molecule is Cc1cncc(CNC(C)CNCC(C)C)c1. The summed E-state index contributed by atoms with van der Waals surface area (Å²) in [6.07, 6.45) is 3.81. The van der Waals surface area contributed by atoms with Crippen LogP contribution in [0, 0.1) is 12.8 Å². The van der Waals surface area contributed by atoms with Crippen LogP contribution in [0.25, 0.3) is 0 Å². The molecular weight excluding hydrogens is 210 g/mol. The number of aryl methyl sites for hydroxylation is 1. The van der Waals surface area contributed by atoms with Crippen molar-refractivity contribution < 1.29 is 0 Å². The molecule has 1 atom stereocenters. The van der Waals surface area contributed by atoms with Crippen molar-refractivity contribution >= 4 is 0 Å². The molecule has 0 radical (unpaired) electrons. The van der Waals surface area contributed by atoms with Crippen LogP contribution in [-0.2, 0) is 6.54 Å². The van der Waals surface area contributed by atoms with E-state index in [-0.39, 0.29) is 0 Å². The number of hydrogen-bond donors (Lipinski definition) is 2. The standard InChI is InChI=1S/C14H25N3/c1-11(2)6-15-8-13(4)17-10-14-5-12(3)7-16-9-14/h5,7,9,11,13,15,17H,6,8,10H2,1-4H3. The molecule has 0 spiro atoms. The molecule has 3 nitrogen and oxygen atoms in total. The van der Waals surface area contributed by atoms with Crippen LogP contribution in [-0.4, -0.2) is 24.1 Å². The van der Waals surface area contributed by atoms with Gasteiger partial charge in [0, 0.05) is 31.5 Å². The summed E-state index contributed by atoms with van der Waals surface area (Å²) in [7, 11) is 0. The summed E-state index contributed by atoms with van der Waals surface area (Å²) in [5.74, 6) is 0.711.